The molecule has 142 valence electrons. The van der Waals surface area contributed by atoms with E-state index in [9.17, 15) is 4.79 Å². The lowest BCUT2D eigenvalue weighted by atomic mass is 10.2. The van der Waals surface area contributed by atoms with Gasteiger partial charge in [-0.1, -0.05) is 13.3 Å². The topological polar surface area (TPSA) is 60.8 Å². The molecule has 0 aliphatic heterocycles. The maximum absolute atomic E-state index is 12.0. The Balaban J connectivity index is 1.55. The SMILES string of the molecule is CCCCOc1ccc(N=Cc2ccc(OC(=O)c3ccncc3)cc2)cc1. The van der Waals surface area contributed by atoms with Crippen LogP contribution in [0.25, 0.3) is 0 Å². The van der Waals surface area contributed by atoms with Gasteiger partial charge in [-0.15, -0.1) is 0 Å². The average Bonchev–Trinajstić information content (AvgIpc) is 2.75. The average molecular weight is 374 g/mol. The van der Waals surface area contributed by atoms with Gasteiger partial charge in [-0.3, -0.25) is 9.98 Å². The summed E-state index contributed by atoms with van der Waals surface area (Å²) in [4.78, 5) is 20.4. The maximum Gasteiger partial charge on any atom is 0.343 e. The number of carbonyl (C=O) groups is 1. The molecule has 3 rings (SSSR count). The molecule has 0 bridgehead atoms. The minimum absolute atomic E-state index is 0.412. The first-order valence-corrected chi connectivity index (χ1v) is 9.24. The fraction of sp³-hybridized carbons (Fsp3) is 0.174. The van der Waals surface area contributed by atoms with Crippen molar-refractivity contribution in [2.75, 3.05) is 6.61 Å². The first-order chi connectivity index (χ1) is 13.7. The van der Waals surface area contributed by atoms with Gasteiger partial charge >= 0.3 is 5.97 Å². The Morgan fingerprint density at radius 3 is 2.32 bits per heavy atom. The molecule has 0 aliphatic rings. The molecule has 5 heteroatoms. The highest BCUT2D eigenvalue weighted by Gasteiger charge is 2.07. The number of unbranched alkanes of at least 4 members (excludes halogenated alkanes) is 1. The number of hydrogen-bond acceptors (Lipinski definition) is 5. The quantitative estimate of drug-likeness (QED) is 0.234. The molecule has 0 saturated heterocycles. The Hall–Kier alpha value is -3.47. The van der Waals surface area contributed by atoms with E-state index >= 15 is 0 Å². The van der Waals surface area contributed by atoms with Gasteiger partial charge in [-0.05, 0) is 72.6 Å². The first kappa shape index (κ1) is 19.3. The summed E-state index contributed by atoms with van der Waals surface area (Å²) in [5.74, 6) is 0.922. The highest BCUT2D eigenvalue weighted by molar-refractivity contribution is 5.91. The molecule has 3 aromatic rings. The Labute approximate surface area is 164 Å². The van der Waals surface area contributed by atoms with Gasteiger partial charge in [-0.25, -0.2) is 4.79 Å². The third-order valence-corrected chi connectivity index (χ3v) is 3.97. The van der Waals surface area contributed by atoms with Crippen molar-refractivity contribution in [2.24, 2.45) is 4.99 Å². The van der Waals surface area contributed by atoms with E-state index in [4.69, 9.17) is 9.47 Å². The van der Waals surface area contributed by atoms with Crippen LogP contribution in [-0.4, -0.2) is 23.8 Å². The van der Waals surface area contributed by atoms with E-state index in [1.165, 1.54) is 0 Å². The normalized spacial score (nSPS) is 10.8. The molecule has 5 nitrogen and oxygen atoms in total. The van der Waals surface area contributed by atoms with Crippen LogP contribution in [0.3, 0.4) is 0 Å². The smallest absolute Gasteiger partial charge is 0.343 e. The molecule has 0 atom stereocenters. The summed E-state index contributed by atoms with van der Waals surface area (Å²) in [6, 6.07) is 18.1. The van der Waals surface area contributed by atoms with E-state index in [1.807, 2.05) is 36.4 Å². The molecular weight excluding hydrogens is 352 g/mol. The van der Waals surface area contributed by atoms with Crippen LogP contribution < -0.4 is 9.47 Å². The van der Waals surface area contributed by atoms with E-state index in [-0.39, 0.29) is 0 Å². The molecule has 1 aromatic heterocycles. The predicted molar refractivity (Wildman–Crippen MR) is 110 cm³/mol. The Bertz CT molecular complexity index is 905. The van der Waals surface area contributed by atoms with Crippen LogP contribution in [0, 0.1) is 0 Å². The number of ether oxygens (including phenoxy) is 2. The Kier molecular flexibility index (Phi) is 6.90. The summed E-state index contributed by atoms with van der Waals surface area (Å²) < 4.78 is 11.0. The van der Waals surface area contributed by atoms with Gasteiger partial charge in [-0.2, -0.15) is 0 Å². The van der Waals surface area contributed by atoms with E-state index in [0.717, 1.165) is 36.4 Å². The zero-order valence-electron chi connectivity index (χ0n) is 15.7. The molecular formula is C23H22N2O3. The number of aromatic nitrogens is 1. The third kappa shape index (κ3) is 5.77. The molecule has 0 N–H and O–H groups in total. The molecule has 0 fully saturated rings. The number of nitrogens with zero attached hydrogens (tertiary/aromatic N) is 2. The van der Waals surface area contributed by atoms with E-state index in [1.54, 1.807) is 42.9 Å². The van der Waals surface area contributed by atoms with E-state index in [2.05, 4.69) is 16.9 Å². The largest absolute Gasteiger partial charge is 0.494 e. The summed E-state index contributed by atoms with van der Waals surface area (Å²) >= 11 is 0. The summed E-state index contributed by atoms with van der Waals surface area (Å²) in [6.07, 6.45) is 7.04. The lowest BCUT2D eigenvalue weighted by molar-refractivity contribution is 0.0734. The van der Waals surface area contributed by atoms with Gasteiger partial charge in [0.05, 0.1) is 17.9 Å². The zero-order chi connectivity index (χ0) is 19.6. The molecule has 0 spiro atoms. The van der Waals surface area contributed by atoms with Gasteiger partial charge in [0.25, 0.3) is 0 Å². The third-order valence-electron chi connectivity index (χ3n) is 3.97. The molecule has 0 radical (unpaired) electrons. The Morgan fingerprint density at radius 1 is 0.964 bits per heavy atom. The van der Waals surface area contributed by atoms with Crippen molar-refractivity contribution in [2.45, 2.75) is 19.8 Å². The van der Waals surface area contributed by atoms with Crippen molar-refractivity contribution in [1.82, 2.24) is 4.98 Å². The van der Waals surface area contributed by atoms with Crippen LogP contribution in [0.5, 0.6) is 11.5 Å². The van der Waals surface area contributed by atoms with Crippen LogP contribution in [0.2, 0.25) is 0 Å². The monoisotopic (exact) mass is 374 g/mol. The van der Waals surface area contributed by atoms with Crippen LogP contribution in [0.15, 0.2) is 78.0 Å². The predicted octanol–water partition coefficient (Wildman–Crippen LogP) is 5.23. The first-order valence-electron chi connectivity index (χ1n) is 9.24. The number of pyridine rings is 1. The van der Waals surface area contributed by atoms with Crippen LogP contribution in [0.1, 0.15) is 35.7 Å². The van der Waals surface area contributed by atoms with Crippen molar-refractivity contribution >= 4 is 17.9 Å². The zero-order valence-corrected chi connectivity index (χ0v) is 15.7. The maximum atomic E-state index is 12.0. The van der Waals surface area contributed by atoms with E-state index < -0.39 is 5.97 Å². The van der Waals surface area contributed by atoms with Crippen molar-refractivity contribution in [3.8, 4) is 11.5 Å². The number of carbonyl (C=O) groups excluding carboxylic acids is 1. The van der Waals surface area contributed by atoms with E-state index in [0.29, 0.717) is 11.3 Å². The fourth-order valence-corrected chi connectivity index (χ4v) is 2.39. The number of rotatable bonds is 8. The number of esters is 1. The minimum Gasteiger partial charge on any atom is -0.494 e. The summed E-state index contributed by atoms with van der Waals surface area (Å²) in [5.41, 5.74) is 2.21. The van der Waals surface area contributed by atoms with Crippen molar-refractivity contribution in [3.05, 3.63) is 84.2 Å². The van der Waals surface area contributed by atoms with Gasteiger partial charge < -0.3 is 9.47 Å². The fourth-order valence-electron chi connectivity index (χ4n) is 2.39. The second kappa shape index (κ2) is 10.0. The summed E-state index contributed by atoms with van der Waals surface area (Å²) in [5, 5.41) is 0. The van der Waals surface area contributed by atoms with Gasteiger partial charge in [0, 0.05) is 18.6 Å². The van der Waals surface area contributed by atoms with Gasteiger partial charge in [0.2, 0.25) is 0 Å². The van der Waals surface area contributed by atoms with Crippen molar-refractivity contribution < 1.29 is 14.3 Å². The number of aliphatic imine (C=N–C) groups is 1. The molecule has 2 aromatic carbocycles. The van der Waals surface area contributed by atoms with Gasteiger partial charge in [0.15, 0.2) is 0 Å². The van der Waals surface area contributed by atoms with Crippen molar-refractivity contribution in [3.63, 3.8) is 0 Å². The molecule has 0 aliphatic carbocycles. The standard InChI is InChI=1S/C23H22N2O3/c1-2-3-16-27-21-10-6-20(7-11-21)25-17-18-4-8-22(9-5-18)28-23(26)19-12-14-24-15-13-19/h4-15,17H,2-3,16H2,1H3. The van der Waals surface area contributed by atoms with Gasteiger partial charge in [0.1, 0.15) is 11.5 Å². The second-order valence-electron chi connectivity index (χ2n) is 6.15. The van der Waals surface area contributed by atoms with Crippen molar-refractivity contribution in [1.29, 1.82) is 0 Å². The number of hydrogen-bond donors (Lipinski definition) is 0. The lowest BCUT2D eigenvalue weighted by Crippen LogP contribution is -2.08. The van der Waals surface area contributed by atoms with Crippen LogP contribution in [-0.2, 0) is 0 Å². The lowest BCUT2D eigenvalue weighted by Gasteiger charge is -2.05. The Morgan fingerprint density at radius 2 is 1.64 bits per heavy atom. The van der Waals surface area contributed by atoms with Crippen LogP contribution >= 0.6 is 0 Å². The molecule has 0 saturated carbocycles. The van der Waals surface area contributed by atoms with Crippen LogP contribution in [0.4, 0.5) is 5.69 Å². The highest BCUT2D eigenvalue weighted by Crippen LogP contribution is 2.19. The minimum atomic E-state index is -0.412. The highest BCUT2D eigenvalue weighted by atomic mass is 16.5. The number of benzene rings is 2. The second-order valence-corrected chi connectivity index (χ2v) is 6.15. The molecule has 0 unspecified atom stereocenters. The molecule has 28 heavy (non-hydrogen) atoms. The molecule has 0 amide bonds. The molecule has 1 heterocycles. The summed E-state index contributed by atoms with van der Waals surface area (Å²) in [6.45, 7) is 2.87. The summed E-state index contributed by atoms with van der Waals surface area (Å²) in [7, 11) is 0.